The summed E-state index contributed by atoms with van der Waals surface area (Å²) in [6, 6.07) is 97.1. The third-order valence-corrected chi connectivity index (χ3v) is 14.9. The molecule has 0 saturated carbocycles. The highest BCUT2D eigenvalue weighted by Gasteiger charge is 2.51. The van der Waals surface area contributed by atoms with E-state index in [1.165, 1.54) is 100 Å². The number of rotatable bonds is 5. The van der Waals surface area contributed by atoms with Crippen LogP contribution in [0.1, 0.15) is 22.3 Å². The zero-order chi connectivity index (χ0) is 44.8. The Balaban J connectivity index is 1.05. The van der Waals surface area contributed by atoms with Crippen LogP contribution in [0, 0.1) is 0 Å². The molecular formula is C67H43N. The zero-order valence-electron chi connectivity index (χ0n) is 37.3. The number of fused-ring (bicyclic) bond motifs is 18. The van der Waals surface area contributed by atoms with Crippen LogP contribution in [0.5, 0.6) is 0 Å². The molecule has 0 radical (unpaired) electrons. The van der Waals surface area contributed by atoms with E-state index >= 15 is 0 Å². The second-order valence-electron chi connectivity index (χ2n) is 18.3. The molecule has 0 fully saturated rings. The first-order valence-electron chi connectivity index (χ1n) is 23.7. The molecule has 0 atom stereocenters. The van der Waals surface area contributed by atoms with Crippen molar-refractivity contribution in [3.05, 3.63) is 283 Å². The first kappa shape index (κ1) is 38.5. The van der Waals surface area contributed by atoms with E-state index in [0.29, 0.717) is 0 Å². The largest absolute Gasteiger partial charge is 0.310 e. The van der Waals surface area contributed by atoms with Gasteiger partial charge in [0.1, 0.15) is 0 Å². The lowest BCUT2D eigenvalue weighted by Crippen LogP contribution is -2.25. The van der Waals surface area contributed by atoms with E-state index in [9.17, 15) is 0 Å². The van der Waals surface area contributed by atoms with Gasteiger partial charge < -0.3 is 4.90 Å². The second kappa shape index (κ2) is 15.1. The highest BCUT2D eigenvalue weighted by atomic mass is 15.1. The summed E-state index contributed by atoms with van der Waals surface area (Å²) in [6.07, 6.45) is 0. The molecule has 0 unspecified atom stereocenters. The van der Waals surface area contributed by atoms with Crippen LogP contribution in [0.4, 0.5) is 17.1 Å². The summed E-state index contributed by atoms with van der Waals surface area (Å²) in [5.41, 5.74) is 27.9. The third kappa shape index (κ3) is 5.57. The number of benzene rings is 11. The van der Waals surface area contributed by atoms with Gasteiger partial charge in [0.2, 0.25) is 0 Å². The molecule has 1 spiro atoms. The van der Waals surface area contributed by atoms with Gasteiger partial charge in [-0.2, -0.15) is 0 Å². The van der Waals surface area contributed by atoms with Crippen LogP contribution in [0.3, 0.4) is 0 Å². The fourth-order valence-corrected chi connectivity index (χ4v) is 12.0. The molecular weight excluding hydrogens is 819 g/mol. The van der Waals surface area contributed by atoms with Crippen molar-refractivity contribution in [3.8, 4) is 89.0 Å². The van der Waals surface area contributed by atoms with E-state index in [4.69, 9.17) is 0 Å². The van der Waals surface area contributed by atoms with Gasteiger partial charge in [-0.05, 0) is 142 Å². The number of nitrogens with zero attached hydrogens (tertiary/aromatic N) is 1. The topological polar surface area (TPSA) is 3.24 Å². The summed E-state index contributed by atoms with van der Waals surface area (Å²) in [4.78, 5) is 2.52. The van der Waals surface area contributed by atoms with E-state index in [1.807, 2.05) is 0 Å². The Morgan fingerprint density at radius 1 is 0.206 bits per heavy atom. The normalized spacial score (nSPS) is 12.8. The molecule has 1 heteroatoms. The first-order valence-corrected chi connectivity index (χ1v) is 23.7. The van der Waals surface area contributed by atoms with Crippen molar-refractivity contribution in [2.75, 3.05) is 4.90 Å². The third-order valence-electron chi connectivity index (χ3n) is 14.9. The molecule has 0 saturated heterocycles. The molecule has 3 aliphatic rings. The maximum absolute atomic E-state index is 2.52. The second-order valence-corrected chi connectivity index (χ2v) is 18.3. The van der Waals surface area contributed by atoms with Crippen molar-refractivity contribution in [2.45, 2.75) is 5.41 Å². The minimum Gasteiger partial charge on any atom is -0.310 e. The minimum atomic E-state index is -0.426. The summed E-state index contributed by atoms with van der Waals surface area (Å²) in [5.74, 6) is 0. The average molecular weight is 862 g/mol. The average Bonchev–Trinajstić information content (AvgIpc) is 3.88. The van der Waals surface area contributed by atoms with Gasteiger partial charge in [-0.25, -0.2) is 0 Å². The molecule has 68 heavy (non-hydrogen) atoms. The van der Waals surface area contributed by atoms with Crippen LogP contribution in [0.15, 0.2) is 261 Å². The maximum Gasteiger partial charge on any atom is 0.0725 e. The highest BCUT2D eigenvalue weighted by Crippen LogP contribution is 2.63. The van der Waals surface area contributed by atoms with Gasteiger partial charge in [0.15, 0.2) is 0 Å². The molecule has 0 N–H and O–H groups in total. The van der Waals surface area contributed by atoms with Crippen LogP contribution < -0.4 is 4.90 Å². The van der Waals surface area contributed by atoms with Crippen molar-refractivity contribution in [1.29, 1.82) is 0 Å². The van der Waals surface area contributed by atoms with E-state index in [2.05, 4.69) is 266 Å². The lowest BCUT2D eigenvalue weighted by atomic mass is 9.70. The number of hydrogen-bond acceptors (Lipinski definition) is 1. The number of anilines is 3. The fraction of sp³-hybridized carbons (Fsp3) is 0.0149. The smallest absolute Gasteiger partial charge is 0.0725 e. The lowest BCUT2D eigenvalue weighted by Gasteiger charge is -2.32. The van der Waals surface area contributed by atoms with Crippen molar-refractivity contribution in [3.63, 3.8) is 0 Å². The Hall–Kier alpha value is -8.78. The number of hydrogen-bond donors (Lipinski definition) is 0. The predicted molar refractivity (Wildman–Crippen MR) is 284 cm³/mol. The lowest BCUT2D eigenvalue weighted by molar-refractivity contribution is 0.794. The summed E-state index contributed by atoms with van der Waals surface area (Å²) >= 11 is 0. The van der Waals surface area contributed by atoms with Gasteiger partial charge in [0.25, 0.3) is 0 Å². The van der Waals surface area contributed by atoms with Crippen molar-refractivity contribution >= 4 is 17.1 Å². The highest BCUT2D eigenvalue weighted by molar-refractivity contribution is 6.05. The van der Waals surface area contributed by atoms with Crippen molar-refractivity contribution in [1.82, 2.24) is 0 Å². The van der Waals surface area contributed by atoms with Crippen LogP contribution in [0.2, 0.25) is 0 Å². The Labute approximate surface area is 397 Å². The van der Waals surface area contributed by atoms with Crippen molar-refractivity contribution in [2.24, 2.45) is 0 Å². The molecule has 316 valence electrons. The molecule has 0 amide bonds. The SMILES string of the molecule is c1ccc(-c2ccc(N(c3ccc4c(c3)-c3ccccc3-c3ccccc3-c3ccccc3-4)c3ccc4c(c3)-c3ccccc3C43c4ccccc4-c4ccccc43)c(-c3ccccc3)c2)cc1. The maximum atomic E-state index is 2.52. The Bertz CT molecular complexity index is 3750. The van der Waals surface area contributed by atoms with Crippen molar-refractivity contribution < 1.29 is 0 Å². The molecule has 3 aliphatic carbocycles. The summed E-state index contributed by atoms with van der Waals surface area (Å²) < 4.78 is 0. The van der Waals surface area contributed by atoms with Gasteiger partial charge in [0, 0.05) is 16.9 Å². The molecule has 1 nitrogen and oxygen atoms in total. The minimum absolute atomic E-state index is 0.426. The zero-order valence-corrected chi connectivity index (χ0v) is 37.3. The first-order chi connectivity index (χ1) is 33.8. The van der Waals surface area contributed by atoms with E-state index in [-0.39, 0.29) is 0 Å². The van der Waals surface area contributed by atoms with Crippen LogP contribution in [-0.4, -0.2) is 0 Å². The Morgan fingerprint density at radius 2 is 0.574 bits per heavy atom. The molecule has 14 rings (SSSR count). The fourth-order valence-electron chi connectivity index (χ4n) is 12.0. The predicted octanol–water partition coefficient (Wildman–Crippen LogP) is 17.8. The monoisotopic (exact) mass is 861 g/mol. The summed E-state index contributed by atoms with van der Waals surface area (Å²) in [6.45, 7) is 0. The van der Waals surface area contributed by atoms with E-state index in [0.717, 1.165) is 28.2 Å². The van der Waals surface area contributed by atoms with Gasteiger partial charge in [-0.1, -0.05) is 224 Å². The van der Waals surface area contributed by atoms with Gasteiger partial charge in [-0.3, -0.25) is 0 Å². The quantitative estimate of drug-likeness (QED) is 0.167. The van der Waals surface area contributed by atoms with Gasteiger partial charge in [0.05, 0.1) is 11.1 Å². The molecule has 0 heterocycles. The molecule has 0 bridgehead atoms. The van der Waals surface area contributed by atoms with Crippen LogP contribution in [-0.2, 0) is 5.41 Å². The summed E-state index contributed by atoms with van der Waals surface area (Å²) in [5, 5.41) is 0. The van der Waals surface area contributed by atoms with Crippen LogP contribution in [0.25, 0.3) is 89.0 Å². The Kier molecular flexibility index (Phi) is 8.57. The van der Waals surface area contributed by atoms with Gasteiger partial charge in [-0.15, -0.1) is 0 Å². The van der Waals surface area contributed by atoms with E-state index in [1.54, 1.807) is 0 Å². The van der Waals surface area contributed by atoms with Crippen LogP contribution >= 0.6 is 0 Å². The standard InChI is InChI=1S/C67H43N/c1-3-19-44(20-4-1)46-35-40-66(59(41-46)45-21-5-2-6-22-45)68(47-36-38-55-53-27-10-9-25-51(53)49-23-7-8-24-50(49)52-26-11-12-28-54(52)60(55)42-47)48-37-39-65-61(43-48)58-31-15-18-34-64(58)67(65)62-32-16-13-29-56(62)57-30-14-17-33-63(57)67/h1-43H. The van der Waals surface area contributed by atoms with E-state index < -0.39 is 5.41 Å². The molecule has 0 aliphatic heterocycles. The van der Waals surface area contributed by atoms with Gasteiger partial charge >= 0.3 is 0 Å². The molecule has 0 aromatic heterocycles. The Morgan fingerprint density at radius 3 is 1.09 bits per heavy atom. The molecule has 11 aromatic carbocycles. The molecule has 11 aromatic rings. The summed E-state index contributed by atoms with van der Waals surface area (Å²) in [7, 11) is 0.